The van der Waals surface area contributed by atoms with Crippen LogP contribution in [0, 0.1) is 23.1 Å². The highest BCUT2D eigenvalue weighted by atomic mass is 32.2. The first kappa shape index (κ1) is 33.2. The number of nitrogens with zero attached hydrogens (tertiary/aromatic N) is 5. The van der Waals surface area contributed by atoms with E-state index < -0.39 is 50.1 Å². The second-order valence-corrected chi connectivity index (χ2v) is 15.4. The molecule has 3 aromatic rings. The zero-order chi connectivity index (χ0) is 33.4. The number of anilines is 1. The maximum Gasteiger partial charge on any atom is 0.278 e. The fourth-order valence-corrected chi connectivity index (χ4v) is 8.69. The largest absolute Gasteiger partial charge is 0.363 e. The molecule has 2 saturated heterocycles. The number of halogens is 3. The quantitative estimate of drug-likeness (QED) is 0.332. The van der Waals surface area contributed by atoms with Gasteiger partial charge in [-0.25, -0.2) is 31.6 Å². The average Bonchev–Trinajstić information content (AvgIpc) is 3.05. The van der Waals surface area contributed by atoms with Crippen LogP contribution in [0.15, 0.2) is 47.5 Å². The van der Waals surface area contributed by atoms with Crippen molar-refractivity contribution < 1.29 is 21.6 Å². The van der Waals surface area contributed by atoms with E-state index in [2.05, 4.69) is 32.3 Å². The summed E-state index contributed by atoms with van der Waals surface area (Å²) in [5, 5.41) is 13.9. The van der Waals surface area contributed by atoms with Gasteiger partial charge in [0.15, 0.2) is 0 Å². The number of hydrogen-bond donors (Lipinski definition) is 1. The van der Waals surface area contributed by atoms with Gasteiger partial charge in [0.2, 0.25) is 0 Å². The molecule has 0 spiro atoms. The molecular formula is C34H39F3N6O3S. The summed E-state index contributed by atoms with van der Waals surface area (Å²) in [6.45, 7) is 3.60. The minimum atomic E-state index is -3.35. The molecule has 7 rings (SSSR count). The molecule has 1 N–H and O–H groups in total. The predicted molar refractivity (Wildman–Crippen MR) is 173 cm³/mol. The SMILES string of the molecule is C[C@H]1Nc2ncnc3c2cc(C2(C#N)CCS(=O)(=O)CC2)c(=O)n3CCCC/C=C\CN2CCC(CC2)C(F)(F)c2cccc1c2F. The number of pyridine rings is 1. The van der Waals surface area contributed by atoms with Crippen LogP contribution in [0.2, 0.25) is 0 Å². The Morgan fingerprint density at radius 2 is 1.79 bits per heavy atom. The number of piperidine rings is 1. The summed E-state index contributed by atoms with van der Waals surface area (Å²) in [7, 11) is -3.33. The third-order valence-corrected chi connectivity index (χ3v) is 11.8. The van der Waals surface area contributed by atoms with E-state index in [4.69, 9.17) is 0 Å². The highest BCUT2D eigenvalue weighted by Gasteiger charge is 2.45. The lowest BCUT2D eigenvalue weighted by molar-refractivity contribution is -0.0872. The van der Waals surface area contributed by atoms with Gasteiger partial charge in [-0.05, 0) is 71.0 Å². The third-order valence-electron chi connectivity index (χ3n) is 10.1. The standard InChI is InChI=1S/C34H39F3N6O3S/c1-23-25-8-7-9-27(29(25)35)34(36,37)24-10-16-42(17-11-24)14-5-3-2-4-6-15-43-31-26(30(41-23)39-22-40-31)20-28(32(43)44)33(21-38)12-18-47(45,46)19-13-33/h3,5,7-9,20,22-24H,2,4,6,10-19H2,1H3,(H,39,40,41)/b5-3-/t23-/m1/s1. The molecule has 2 aromatic heterocycles. The van der Waals surface area contributed by atoms with E-state index in [-0.39, 0.29) is 54.1 Å². The number of sulfone groups is 1. The molecule has 2 fully saturated rings. The first-order chi connectivity index (χ1) is 22.5. The van der Waals surface area contributed by atoms with Crippen molar-refractivity contribution in [2.45, 2.75) is 75.8 Å². The number of aryl methyl sites for hydroxylation is 1. The second-order valence-electron chi connectivity index (χ2n) is 13.1. The van der Waals surface area contributed by atoms with Gasteiger partial charge in [0.1, 0.15) is 33.4 Å². The van der Waals surface area contributed by atoms with Gasteiger partial charge in [0, 0.05) is 30.1 Å². The van der Waals surface area contributed by atoms with Gasteiger partial charge in [-0.15, -0.1) is 0 Å². The van der Waals surface area contributed by atoms with Gasteiger partial charge in [-0.1, -0.05) is 30.4 Å². The number of nitriles is 1. The first-order valence-corrected chi connectivity index (χ1v) is 18.1. The summed E-state index contributed by atoms with van der Waals surface area (Å²) in [5.41, 5.74) is -1.83. The van der Waals surface area contributed by atoms with Crippen LogP contribution in [0.5, 0.6) is 0 Å². The summed E-state index contributed by atoms with van der Waals surface area (Å²) in [6, 6.07) is 7.08. The molecule has 0 unspecified atom stereocenters. The van der Waals surface area contributed by atoms with Crippen molar-refractivity contribution in [3.8, 4) is 6.07 Å². The Labute approximate surface area is 272 Å². The van der Waals surface area contributed by atoms with Crippen LogP contribution < -0.4 is 10.9 Å². The van der Waals surface area contributed by atoms with Crippen molar-refractivity contribution in [1.29, 1.82) is 5.26 Å². The smallest absolute Gasteiger partial charge is 0.278 e. The van der Waals surface area contributed by atoms with Gasteiger partial charge >= 0.3 is 0 Å². The Balaban J connectivity index is 1.47. The molecule has 250 valence electrons. The zero-order valence-electron chi connectivity index (χ0n) is 26.4. The molecule has 9 nitrogen and oxygen atoms in total. The lowest BCUT2D eigenvalue weighted by atomic mass is 9.77. The van der Waals surface area contributed by atoms with Crippen LogP contribution in [0.3, 0.4) is 0 Å². The number of aromatic nitrogens is 3. The fraction of sp³-hybridized carbons (Fsp3) is 0.529. The summed E-state index contributed by atoms with van der Waals surface area (Å²) >= 11 is 0. The number of nitrogens with one attached hydrogen (secondary N) is 1. The number of alkyl halides is 2. The van der Waals surface area contributed by atoms with Gasteiger partial charge in [-0.3, -0.25) is 14.3 Å². The number of fused-ring (bicyclic) bond motifs is 8. The molecule has 6 heterocycles. The number of hydrogen-bond acceptors (Lipinski definition) is 8. The molecule has 13 heteroatoms. The number of rotatable bonds is 1. The van der Waals surface area contributed by atoms with E-state index in [0.717, 1.165) is 18.9 Å². The van der Waals surface area contributed by atoms with E-state index >= 15 is 13.2 Å². The Morgan fingerprint density at radius 3 is 2.51 bits per heavy atom. The average molecular weight is 669 g/mol. The molecule has 4 aliphatic rings. The Kier molecular flexibility index (Phi) is 9.19. The fourth-order valence-electron chi connectivity index (χ4n) is 7.17. The molecule has 8 bridgehead atoms. The Morgan fingerprint density at radius 1 is 1.04 bits per heavy atom. The van der Waals surface area contributed by atoms with Crippen molar-refractivity contribution in [1.82, 2.24) is 19.4 Å². The van der Waals surface area contributed by atoms with Gasteiger partial charge in [-0.2, -0.15) is 5.26 Å². The molecule has 0 aliphatic carbocycles. The second kappa shape index (κ2) is 13.0. The first-order valence-electron chi connectivity index (χ1n) is 16.3. The molecule has 0 amide bonds. The predicted octanol–water partition coefficient (Wildman–Crippen LogP) is 5.62. The van der Waals surface area contributed by atoms with Crippen molar-refractivity contribution in [2.75, 3.05) is 36.5 Å². The van der Waals surface area contributed by atoms with Crippen LogP contribution in [-0.2, 0) is 27.7 Å². The van der Waals surface area contributed by atoms with Gasteiger partial charge < -0.3 is 5.32 Å². The topological polar surface area (TPSA) is 121 Å². The van der Waals surface area contributed by atoms with E-state index in [1.165, 1.54) is 23.0 Å². The summed E-state index contributed by atoms with van der Waals surface area (Å²) in [5.74, 6) is -5.49. The lowest BCUT2D eigenvalue weighted by Gasteiger charge is -2.36. The van der Waals surface area contributed by atoms with Crippen LogP contribution in [0.25, 0.3) is 11.0 Å². The van der Waals surface area contributed by atoms with Gasteiger partial charge in [0.25, 0.3) is 11.5 Å². The Hall–Kier alpha value is -3.76. The minimum absolute atomic E-state index is 0.0194. The molecule has 4 aliphatic heterocycles. The van der Waals surface area contributed by atoms with Crippen molar-refractivity contribution in [3.05, 3.63) is 75.6 Å². The monoisotopic (exact) mass is 668 g/mol. The number of allylic oxidation sites excluding steroid dienone is 1. The molecule has 47 heavy (non-hydrogen) atoms. The summed E-state index contributed by atoms with van der Waals surface area (Å²) < 4.78 is 73.9. The van der Waals surface area contributed by atoms with Crippen molar-refractivity contribution in [3.63, 3.8) is 0 Å². The zero-order valence-corrected chi connectivity index (χ0v) is 27.2. The van der Waals surface area contributed by atoms with Crippen LogP contribution in [-0.4, -0.2) is 59.0 Å². The van der Waals surface area contributed by atoms with Gasteiger partial charge in [0.05, 0.1) is 40.0 Å². The van der Waals surface area contributed by atoms with E-state index in [9.17, 15) is 18.5 Å². The van der Waals surface area contributed by atoms with Crippen molar-refractivity contribution >= 4 is 26.7 Å². The molecule has 0 radical (unpaired) electrons. The third kappa shape index (κ3) is 6.42. The molecule has 1 atom stereocenters. The minimum Gasteiger partial charge on any atom is -0.363 e. The van der Waals surface area contributed by atoms with Crippen LogP contribution >= 0.6 is 0 Å². The highest BCUT2D eigenvalue weighted by Crippen LogP contribution is 2.44. The normalized spacial score (nSPS) is 26.5. The van der Waals surface area contributed by atoms with Crippen LogP contribution in [0.4, 0.5) is 19.0 Å². The van der Waals surface area contributed by atoms with E-state index in [1.54, 1.807) is 13.0 Å². The van der Waals surface area contributed by atoms with E-state index in [0.29, 0.717) is 43.6 Å². The molecule has 0 saturated carbocycles. The maximum atomic E-state index is 16.0. The lowest BCUT2D eigenvalue weighted by Crippen LogP contribution is -2.41. The highest BCUT2D eigenvalue weighted by molar-refractivity contribution is 7.91. The van der Waals surface area contributed by atoms with Crippen LogP contribution in [0.1, 0.15) is 74.6 Å². The molecular weight excluding hydrogens is 629 g/mol. The number of benzene rings is 1. The summed E-state index contributed by atoms with van der Waals surface area (Å²) in [6.07, 6.45) is 8.03. The summed E-state index contributed by atoms with van der Waals surface area (Å²) in [4.78, 5) is 25.0. The molecule has 1 aromatic carbocycles. The van der Waals surface area contributed by atoms with Crippen molar-refractivity contribution in [2.24, 2.45) is 5.92 Å². The Bertz CT molecular complexity index is 1880. The van der Waals surface area contributed by atoms with E-state index in [1.807, 2.05) is 6.08 Å². The maximum absolute atomic E-state index is 16.0.